The Morgan fingerprint density at radius 3 is 2.52 bits per heavy atom. The third kappa shape index (κ3) is 4.02. The number of rotatable bonds is 5. The minimum atomic E-state index is -3.63. The Bertz CT molecular complexity index is 838. The number of piperidine rings is 1. The minimum Gasteiger partial charge on any atom is -0.459 e. The van der Waals surface area contributed by atoms with Crippen LogP contribution in [0.4, 0.5) is 0 Å². The summed E-state index contributed by atoms with van der Waals surface area (Å²) in [5.74, 6) is -0.0988. The van der Waals surface area contributed by atoms with E-state index >= 15 is 0 Å². The van der Waals surface area contributed by atoms with Gasteiger partial charge >= 0.3 is 6.01 Å². The number of hydrogen-bond donors (Lipinski definition) is 0. The Balaban J connectivity index is 1.74. The normalized spacial score (nSPS) is 18.7. The minimum absolute atomic E-state index is 0.0988. The second-order valence-corrected chi connectivity index (χ2v) is 7.80. The highest BCUT2D eigenvalue weighted by Crippen LogP contribution is 2.23. The fraction of sp³-hybridized carbons (Fsp3) is 0.353. The maximum Gasteiger partial charge on any atom is 0.316 e. The van der Waals surface area contributed by atoms with Crippen molar-refractivity contribution in [1.82, 2.24) is 14.3 Å². The van der Waals surface area contributed by atoms with Crippen molar-refractivity contribution in [2.75, 3.05) is 13.1 Å². The third-order valence-electron chi connectivity index (χ3n) is 4.05. The summed E-state index contributed by atoms with van der Waals surface area (Å²) in [6.45, 7) is 2.13. The lowest BCUT2D eigenvalue weighted by Gasteiger charge is -2.31. The first-order valence-corrected chi connectivity index (χ1v) is 9.45. The van der Waals surface area contributed by atoms with Crippen molar-refractivity contribution in [2.24, 2.45) is 0 Å². The first kappa shape index (κ1) is 17.5. The molecule has 0 amide bonds. The van der Waals surface area contributed by atoms with Gasteiger partial charge in [0.1, 0.15) is 6.10 Å². The van der Waals surface area contributed by atoms with Gasteiger partial charge in [0, 0.05) is 24.5 Å². The molecule has 0 N–H and O–H groups in total. The molecule has 7 nitrogen and oxygen atoms in total. The predicted molar refractivity (Wildman–Crippen MR) is 90.9 cm³/mol. The monoisotopic (exact) mass is 361 g/mol. The van der Waals surface area contributed by atoms with Crippen LogP contribution in [0.1, 0.15) is 30.1 Å². The quantitative estimate of drug-likeness (QED) is 0.756. The van der Waals surface area contributed by atoms with Crippen molar-refractivity contribution in [2.45, 2.75) is 30.8 Å². The maximum absolute atomic E-state index is 12.8. The zero-order valence-corrected chi connectivity index (χ0v) is 14.6. The van der Waals surface area contributed by atoms with Gasteiger partial charge in [-0.15, -0.1) is 0 Å². The Labute approximate surface area is 146 Å². The van der Waals surface area contributed by atoms with Crippen molar-refractivity contribution in [3.05, 3.63) is 48.3 Å². The second kappa shape index (κ2) is 7.28. The molecule has 2 heterocycles. The van der Waals surface area contributed by atoms with E-state index in [-0.39, 0.29) is 29.3 Å². The molecule has 1 saturated heterocycles. The maximum atomic E-state index is 12.8. The van der Waals surface area contributed by atoms with E-state index in [9.17, 15) is 13.2 Å². The molecule has 1 aromatic carbocycles. The number of hydrogen-bond acceptors (Lipinski definition) is 6. The summed E-state index contributed by atoms with van der Waals surface area (Å²) in [7, 11) is -3.63. The number of benzene rings is 1. The molecule has 1 aliphatic heterocycles. The van der Waals surface area contributed by atoms with E-state index in [0.29, 0.717) is 18.5 Å². The van der Waals surface area contributed by atoms with Crippen LogP contribution in [0.5, 0.6) is 6.01 Å². The number of carbonyl (C=O) groups excluding carboxylic acids is 1. The fourth-order valence-corrected chi connectivity index (χ4v) is 4.24. The first-order chi connectivity index (χ1) is 12.0. The number of aromatic nitrogens is 2. The number of ether oxygens (including phenoxy) is 1. The number of Topliss-reactive ketones (excluding diaryl/α,β-unsaturated/α-hetero) is 1. The van der Waals surface area contributed by atoms with Crippen LogP contribution in [0.3, 0.4) is 0 Å². The first-order valence-electron chi connectivity index (χ1n) is 8.01. The molecule has 1 atom stereocenters. The lowest BCUT2D eigenvalue weighted by atomic mass is 10.1. The molecule has 132 valence electrons. The lowest BCUT2D eigenvalue weighted by Crippen LogP contribution is -2.44. The topological polar surface area (TPSA) is 89.5 Å². The number of carbonyl (C=O) groups is 1. The van der Waals surface area contributed by atoms with Crippen LogP contribution in [0.25, 0.3) is 0 Å². The van der Waals surface area contributed by atoms with Gasteiger partial charge in [-0.3, -0.25) is 4.79 Å². The molecule has 1 unspecified atom stereocenters. The summed E-state index contributed by atoms with van der Waals surface area (Å²) in [5.41, 5.74) is 0.486. The van der Waals surface area contributed by atoms with Crippen molar-refractivity contribution < 1.29 is 17.9 Å². The molecule has 8 heteroatoms. The highest BCUT2D eigenvalue weighted by Gasteiger charge is 2.31. The van der Waals surface area contributed by atoms with Crippen molar-refractivity contribution >= 4 is 15.8 Å². The molecular formula is C17H19N3O4S. The van der Waals surface area contributed by atoms with E-state index in [4.69, 9.17) is 4.74 Å². The smallest absolute Gasteiger partial charge is 0.316 e. The molecular weight excluding hydrogens is 342 g/mol. The predicted octanol–water partition coefficient (Wildman–Crippen LogP) is 1.91. The van der Waals surface area contributed by atoms with Crippen LogP contribution >= 0.6 is 0 Å². The molecule has 1 aliphatic rings. The third-order valence-corrected chi connectivity index (χ3v) is 5.93. The van der Waals surface area contributed by atoms with Gasteiger partial charge in [-0.2, -0.15) is 4.31 Å². The standard InChI is InChI=1S/C17H19N3O4S/c1-13(21)14-5-7-16(8-6-14)25(22,23)20-11-2-4-15(12-20)24-17-18-9-3-10-19-17/h3,5-10,15H,2,4,11-12H2,1H3. The zero-order valence-electron chi connectivity index (χ0n) is 13.8. The van der Waals surface area contributed by atoms with E-state index < -0.39 is 10.0 Å². The molecule has 0 saturated carbocycles. The van der Waals surface area contributed by atoms with E-state index in [1.54, 1.807) is 18.5 Å². The van der Waals surface area contributed by atoms with Crippen LogP contribution in [-0.2, 0) is 10.0 Å². The molecule has 0 aliphatic carbocycles. The van der Waals surface area contributed by atoms with Crippen LogP contribution in [0.15, 0.2) is 47.6 Å². The van der Waals surface area contributed by atoms with Crippen LogP contribution in [-0.4, -0.2) is 47.7 Å². The highest BCUT2D eigenvalue weighted by molar-refractivity contribution is 7.89. The van der Waals surface area contributed by atoms with E-state index in [1.165, 1.54) is 35.5 Å². The number of nitrogens with zero attached hydrogens (tertiary/aromatic N) is 3. The molecule has 3 rings (SSSR count). The molecule has 1 fully saturated rings. The summed E-state index contributed by atoms with van der Waals surface area (Å²) < 4.78 is 32.7. The van der Waals surface area contributed by atoms with Gasteiger partial charge in [0.05, 0.1) is 11.4 Å². The summed E-state index contributed by atoms with van der Waals surface area (Å²) in [6.07, 6.45) is 4.31. The fourth-order valence-electron chi connectivity index (χ4n) is 2.73. The van der Waals surface area contributed by atoms with Crippen LogP contribution < -0.4 is 4.74 Å². The van der Waals surface area contributed by atoms with Crippen molar-refractivity contribution in [1.29, 1.82) is 0 Å². The SMILES string of the molecule is CC(=O)c1ccc(S(=O)(=O)N2CCCC(Oc3ncccn3)C2)cc1. The van der Waals surface area contributed by atoms with Gasteiger partial charge in [-0.05, 0) is 38.0 Å². The summed E-state index contributed by atoms with van der Waals surface area (Å²) in [4.78, 5) is 19.5. The largest absolute Gasteiger partial charge is 0.459 e. The van der Waals surface area contributed by atoms with Gasteiger partial charge in [0.25, 0.3) is 0 Å². The molecule has 0 radical (unpaired) electrons. The van der Waals surface area contributed by atoms with Crippen molar-refractivity contribution in [3.63, 3.8) is 0 Å². The van der Waals surface area contributed by atoms with Gasteiger partial charge in [0.2, 0.25) is 10.0 Å². The average molecular weight is 361 g/mol. The average Bonchev–Trinajstić information content (AvgIpc) is 2.63. The van der Waals surface area contributed by atoms with E-state index in [2.05, 4.69) is 9.97 Å². The molecule has 1 aromatic heterocycles. The summed E-state index contributed by atoms with van der Waals surface area (Å²) in [5, 5.41) is 0. The van der Waals surface area contributed by atoms with Gasteiger partial charge in [-0.25, -0.2) is 18.4 Å². The molecule has 2 aromatic rings. The van der Waals surface area contributed by atoms with Gasteiger partial charge < -0.3 is 4.74 Å². The molecule has 0 spiro atoms. The van der Waals surface area contributed by atoms with Gasteiger partial charge in [-0.1, -0.05) is 12.1 Å². The zero-order chi connectivity index (χ0) is 17.9. The Morgan fingerprint density at radius 1 is 1.20 bits per heavy atom. The second-order valence-electron chi connectivity index (χ2n) is 5.86. The van der Waals surface area contributed by atoms with E-state index in [0.717, 1.165) is 6.42 Å². The number of ketones is 1. The van der Waals surface area contributed by atoms with Crippen LogP contribution in [0.2, 0.25) is 0 Å². The number of sulfonamides is 1. The van der Waals surface area contributed by atoms with Gasteiger partial charge in [0.15, 0.2) is 5.78 Å². The Kier molecular flexibility index (Phi) is 5.10. The molecule has 0 bridgehead atoms. The Hall–Kier alpha value is -2.32. The van der Waals surface area contributed by atoms with Crippen molar-refractivity contribution in [3.8, 4) is 6.01 Å². The molecule has 25 heavy (non-hydrogen) atoms. The highest BCUT2D eigenvalue weighted by atomic mass is 32.2. The summed E-state index contributed by atoms with van der Waals surface area (Å²) >= 11 is 0. The summed E-state index contributed by atoms with van der Waals surface area (Å²) in [6, 6.07) is 7.94. The van der Waals surface area contributed by atoms with Crippen LogP contribution in [0, 0.1) is 0 Å². The Morgan fingerprint density at radius 2 is 1.88 bits per heavy atom. The lowest BCUT2D eigenvalue weighted by molar-refractivity contribution is 0.101. The van der Waals surface area contributed by atoms with E-state index in [1.807, 2.05) is 0 Å².